The van der Waals surface area contributed by atoms with Crippen LogP contribution in [0.25, 0.3) is 10.9 Å². The van der Waals surface area contributed by atoms with E-state index in [1.165, 1.54) is 0 Å². The van der Waals surface area contributed by atoms with Gasteiger partial charge in [0, 0.05) is 23.0 Å². The van der Waals surface area contributed by atoms with Crippen molar-refractivity contribution in [3.63, 3.8) is 0 Å². The van der Waals surface area contributed by atoms with Crippen LogP contribution in [0.5, 0.6) is 5.75 Å². The van der Waals surface area contributed by atoms with Crippen molar-refractivity contribution in [3.05, 3.63) is 48.2 Å². The van der Waals surface area contributed by atoms with E-state index in [2.05, 4.69) is 15.3 Å². The first-order chi connectivity index (χ1) is 10.7. The number of nitrogens with two attached hydrogens (primary N) is 1. The van der Waals surface area contributed by atoms with Crippen LogP contribution in [0, 0.1) is 11.3 Å². The number of anilines is 3. The molecule has 0 aliphatic rings. The molecule has 0 aliphatic heterocycles. The first-order valence-electron chi connectivity index (χ1n) is 6.57. The molecule has 3 rings (SSSR count). The molecule has 0 unspecified atom stereocenters. The quantitative estimate of drug-likeness (QED) is 0.720. The Morgan fingerprint density at radius 3 is 2.86 bits per heavy atom. The lowest BCUT2D eigenvalue weighted by Gasteiger charge is -2.07. The summed E-state index contributed by atoms with van der Waals surface area (Å²) in [5, 5.41) is 13.0. The molecule has 3 N–H and O–H groups in total. The molecule has 0 atom stereocenters. The van der Waals surface area contributed by atoms with Gasteiger partial charge in [0.2, 0.25) is 5.95 Å². The number of nitrogens with one attached hydrogen (secondary N) is 1. The van der Waals surface area contributed by atoms with Gasteiger partial charge in [-0.3, -0.25) is 0 Å². The first kappa shape index (κ1) is 13.6. The van der Waals surface area contributed by atoms with Crippen molar-refractivity contribution in [2.75, 3.05) is 18.2 Å². The van der Waals surface area contributed by atoms with E-state index in [-0.39, 0.29) is 0 Å². The molecule has 0 saturated carbocycles. The monoisotopic (exact) mass is 291 g/mol. The topological polar surface area (TPSA) is 96.9 Å². The van der Waals surface area contributed by atoms with Crippen LogP contribution in [-0.2, 0) is 0 Å². The predicted molar refractivity (Wildman–Crippen MR) is 84.9 cm³/mol. The fraction of sp³-hybridized carbons (Fsp3) is 0.0625. The lowest BCUT2D eigenvalue weighted by Crippen LogP contribution is -1.99. The van der Waals surface area contributed by atoms with Gasteiger partial charge in [-0.1, -0.05) is 0 Å². The maximum atomic E-state index is 9.00. The van der Waals surface area contributed by atoms with E-state index in [9.17, 15) is 0 Å². The maximum Gasteiger partial charge on any atom is 0.227 e. The molecule has 0 amide bonds. The van der Waals surface area contributed by atoms with Crippen molar-refractivity contribution in [1.29, 1.82) is 5.26 Å². The van der Waals surface area contributed by atoms with Gasteiger partial charge in [-0.05, 0) is 36.4 Å². The highest BCUT2D eigenvalue weighted by atomic mass is 16.5. The molecule has 2 aromatic carbocycles. The zero-order valence-corrected chi connectivity index (χ0v) is 11.9. The third-order valence-corrected chi connectivity index (χ3v) is 3.22. The second-order valence-electron chi connectivity index (χ2n) is 4.66. The molecule has 0 radical (unpaired) electrons. The standard InChI is InChI=1S/C16H13N5O/c1-22-13-3-5-15-11(7-13)9-19-16(21-15)20-12-2-4-14(18)10(6-12)8-17/h2-7,9H,18H2,1H3,(H,19,20,21). The molecule has 0 aliphatic carbocycles. The van der Waals surface area contributed by atoms with Gasteiger partial charge in [-0.25, -0.2) is 9.97 Å². The minimum Gasteiger partial charge on any atom is -0.497 e. The Bertz CT molecular complexity index is 885. The molecule has 1 heterocycles. The highest BCUT2D eigenvalue weighted by molar-refractivity contribution is 5.80. The number of rotatable bonds is 3. The van der Waals surface area contributed by atoms with E-state index in [1.54, 1.807) is 31.5 Å². The van der Waals surface area contributed by atoms with Gasteiger partial charge in [-0.15, -0.1) is 0 Å². The minimum atomic E-state index is 0.413. The maximum absolute atomic E-state index is 9.00. The van der Waals surface area contributed by atoms with Crippen LogP contribution >= 0.6 is 0 Å². The zero-order chi connectivity index (χ0) is 15.5. The number of ether oxygens (including phenoxy) is 1. The molecule has 22 heavy (non-hydrogen) atoms. The lowest BCUT2D eigenvalue weighted by atomic mass is 10.2. The molecule has 0 saturated heterocycles. The second-order valence-corrected chi connectivity index (χ2v) is 4.66. The van der Waals surface area contributed by atoms with Gasteiger partial charge < -0.3 is 15.8 Å². The third-order valence-electron chi connectivity index (χ3n) is 3.22. The van der Waals surface area contributed by atoms with E-state index in [4.69, 9.17) is 15.7 Å². The molecule has 6 nitrogen and oxygen atoms in total. The van der Waals surface area contributed by atoms with E-state index in [1.807, 2.05) is 24.3 Å². The minimum absolute atomic E-state index is 0.413. The number of nitrogens with zero attached hydrogens (tertiary/aromatic N) is 3. The molecule has 3 aromatic rings. The summed E-state index contributed by atoms with van der Waals surface area (Å²) in [4.78, 5) is 8.70. The summed E-state index contributed by atoms with van der Waals surface area (Å²) in [6, 6.07) is 12.7. The average Bonchev–Trinajstić information content (AvgIpc) is 2.56. The highest BCUT2D eigenvalue weighted by Crippen LogP contribution is 2.22. The van der Waals surface area contributed by atoms with E-state index in [0.29, 0.717) is 22.9 Å². The molecular weight excluding hydrogens is 278 g/mol. The fourth-order valence-corrected chi connectivity index (χ4v) is 2.06. The van der Waals surface area contributed by atoms with Crippen molar-refractivity contribution in [3.8, 4) is 11.8 Å². The second kappa shape index (κ2) is 5.58. The summed E-state index contributed by atoms with van der Waals surface area (Å²) >= 11 is 0. The van der Waals surface area contributed by atoms with Crippen molar-refractivity contribution >= 4 is 28.2 Å². The number of aromatic nitrogens is 2. The van der Waals surface area contributed by atoms with Crippen LogP contribution in [0.3, 0.4) is 0 Å². The number of nitriles is 1. The largest absolute Gasteiger partial charge is 0.497 e. The van der Waals surface area contributed by atoms with Gasteiger partial charge >= 0.3 is 0 Å². The fourth-order valence-electron chi connectivity index (χ4n) is 2.06. The summed E-state index contributed by atoms with van der Waals surface area (Å²) in [6.45, 7) is 0. The number of fused-ring (bicyclic) bond motifs is 1. The number of hydrogen-bond donors (Lipinski definition) is 2. The molecule has 6 heteroatoms. The van der Waals surface area contributed by atoms with Crippen LogP contribution in [-0.4, -0.2) is 17.1 Å². The van der Waals surface area contributed by atoms with Crippen molar-refractivity contribution < 1.29 is 4.74 Å². The van der Waals surface area contributed by atoms with Crippen LogP contribution in [0.4, 0.5) is 17.3 Å². The van der Waals surface area contributed by atoms with Gasteiger partial charge in [0.05, 0.1) is 18.2 Å². The first-order valence-corrected chi connectivity index (χ1v) is 6.57. The average molecular weight is 291 g/mol. The Balaban J connectivity index is 1.92. The molecular formula is C16H13N5O. The molecule has 0 spiro atoms. The highest BCUT2D eigenvalue weighted by Gasteiger charge is 2.04. The molecule has 0 fully saturated rings. The summed E-state index contributed by atoms with van der Waals surface area (Å²) in [5.41, 5.74) is 8.07. The van der Waals surface area contributed by atoms with Crippen molar-refractivity contribution in [1.82, 2.24) is 9.97 Å². The van der Waals surface area contributed by atoms with Crippen LogP contribution in [0.15, 0.2) is 42.6 Å². The number of hydrogen-bond acceptors (Lipinski definition) is 6. The summed E-state index contributed by atoms with van der Waals surface area (Å²) in [5.74, 6) is 1.21. The number of benzene rings is 2. The summed E-state index contributed by atoms with van der Waals surface area (Å²) < 4.78 is 5.17. The van der Waals surface area contributed by atoms with Crippen LogP contribution < -0.4 is 15.8 Å². The van der Waals surface area contributed by atoms with E-state index in [0.717, 1.165) is 16.7 Å². The Morgan fingerprint density at radius 2 is 2.09 bits per heavy atom. The molecule has 0 bridgehead atoms. The van der Waals surface area contributed by atoms with Crippen LogP contribution in [0.1, 0.15) is 5.56 Å². The lowest BCUT2D eigenvalue weighted by molar-refractivity contribution is 0.415. The van der Waals surface area contributed by atoms with Crippen molar-refractivity contribution in [2.24, 2.45) is 0 Å². The third kappa shape index (κ3) is 2.60. The smallest absolute Gasteiger partial charge is 0.227 e. The molecule has 1 aromatic heterocycles. The van der Waals surface area contributed by atoms with E-state index < -0.39 is 0 Å². The van der Waals surface area contributed by atoms with Gasteiger partial charge in [-0.2, -0.15) is 5.26 Å². The Hall–Kier alpha value is -3.33. The van der Waals surface area contributed by atoms with Gasteiger partial charge in [0.15, 0.2) is 0 Å². The van der Waals surface area contributed by atoms with Crippen LogP contribution in [0.2, 0.25) is 0 Å². The number of nitrogen functional groups attached to an aromatic ring is 1. The van der Waals surface area contributed by atoms with Gasteiger partial charge in [0.25, 0.3) is 0 Å². The van der Waals surface area contributed by atoms with Gasteiger partial charge in [0.1, 0.15) is 11.8 Å². The van der Waals surface area contributed by atoms with Crippen molar-refractivity contribution in [2.45, 2.75) is 0 Å². The normalized spacial score (nSPS) is 10.2. The Morgan fingerprint density at radius 1 is 1.23 bits per heavy atom. The Kier molecular flexibility index (Phi) is 3.46. The summed E-state index contributed by atoms with van der Waals surface area (Å²) in [6.07, 6.45) is 1.72. The molecule has 108 valence electrons. The predicted octanol–water partition coefficient (Wildman–Crippen LogP) is 2.84. The SMILES string of the molecule is COc1ccc2nc(Nc3ccc(N)c(C#N)c3)ncc2c1. The number of methoxy groups -OCH3 is 1. The summed E-state index contributed by atoms with van der Waals surface area (Å²) in [7, 11) is 1.62. The van der Waals surface area contributed by atoms with E-state index >= 15 is 0 Å². The Labute approximate surface area is 127 Å². The zero-order valence-electron chi connectivity index (χ0n) is 11.9.